The van der Waals surface area contributed by atoms with Crippen molar-refractivity contribution in [2.24, 2.45) is 0 Å². The minimum atomic E-state index is -0.483. The van der Waals surface area contributed by atoms with Crippen molar-refractivity contribution in [3.05, 3.63) is 52.0 Å². The number of hydrogen-bond acceptors (Lipinski definition) is 3. The summed E-state index contributed by atoms with van der Waals surface area (Å²) < 4.78 is 0. The van der Waals surface area contributed by atoms with Crippen LogP contribution >= 0.6 is 23.2 Å². The van der Waals surface area contributed by atoms with Crippen LogP contribution in [0.4, 0.5) is 11.4 Å². The molecule has 0 aromatic heterocycles. The van der Waals surface area contributed by atoms with Gasteiger partial charge in [0.1, 0.15) is 5.75 Å². The highest BCUT2D eigenvalue weighted by Gasteiger charge is 2.12. The number of nitrogens with one attached hydrogen (secondary N) is 1. The van der Waals surface area contributed by atoms with Gasteiger partial charge in [-0.25, -0.2) is 0 Å². The summed E-state index contributed by atoms with van der Waals surface area (Å²) in [5.74, 6) is -0.680. The molecule has 2 aromatic rings. The van der Waals surface area contributed by atoms with Crippen LogP contribution in [0, 0.1) is 0 Å². The highest BCUT2D eigenvalue weighted by atomic mass is 35.5. The molecule has 1 amide bonds. The van der Waals surface area contributed by atoms with E-state index in [0.717, 1.165) is 0 Å². The number of benzene rings is 2. The molecule has 0 radical (unpaired) electrons. The lowest BCUT2D eigenvalue weighted by atomic mass is 10.1. The Morgan fingerprint density at radius 1 is 1.11 bits per heavy atom. The second-order valence-electron chi connectivity index (χ2n) is 3.85. The summed E-state index contributed by atoms with van der Waals surface area (Å²) in [6.07, 6.45) is 0. The van der Waals surface area contributed by atoms with Gasteiger partial charge in [0.05, 0.1) is 16.9 Å². The van der Waals surface area contributed by atoms with E-state index in [9.17, 15) is 9.90 Å². The molecule has 0 bridgehead atoms. The Morgan fingerprint density at radius 3 is 2.37 bits per heavy atom. The fraction of sp³-hybridized carbons (Fsp3) is 0. The average molecular weight is 297 g/mol. The van der Waals surface area contributed by atoms with Crippen molar-refractivity contribution in [2.75, 3.05) is 11.1 Å². The van der Waals surface area contributed by atoms with Gasteiger partial charge in [0.2, 0.25) is 0 Å². The van der Waals surface area contributed by atoms with Gasteiger partial charge < -0.3 is 16.2 Å². The molecule has 0 spiro atoms. The summed E-state index contributed by atoms with van der Waals surface area (Å²) in [4.78, 5) is 12.0. The Kier molecular flexibility index (Phi) is 3.83. The summed E-state index contributed by atoms with van der Waals surface area (Å²) in [6.45, 7) is 0. The van der Waals surface area contributed by atoms with Gasteiger partial charge in [-0.15, -0.1) is 0 Å². The molecular weight excluding hydrogens is 287 g/mol. The molecule has 0 atom stereocenters. The molecule has 0 aliphatic rings. The zero-order valence-electron chi connectivity index (χ0n) is 9.65. The third kappa shape index (κ3) is 3.10. The monoisotopic (exact) mass is 296 g/mol. The molecule has 4 N–H and O–H groups in total. The Hall–Kier alpha value is -1.91. The van der Waals surface area contributed by atoms with E-state index < -0.39 is 5.91 Å². The Bertz CT molecular complexity index is 645. The molecule has 0 aliphatic carbocycles. The lowest BCUT2D eigenvalue weighted by Gasteiger charge is -2.09. The largest absolute Gasteiger partial charge is 0.507 e. The fourth-order valence-corrected chi connectivity index (χ4v) is 1.88. The van der Waals surface area contributed by atoms with Gasteiger partial charge in [0, 0.05) is 10.0 Å². The molecule has 0 saturated carbocycles. The van der Waals surface area contributed by atoms with E-state index in [1.165, 1.54) is 24.3 Å². The minimum absolute atomic E-state index is 0.110. The molecule has 4 nitrogen and oxygen atoms in total. The summed E-state index contributed by atoms with van der Waals surface area (Å²) in [6, 6.07) is 8.96. The van der Waals surface area contributed by atoms with Gasteiger partial charge in [0.25, 0.3) is 5.91 Å². The number of hydrogen-bond donors (Lipinski definition) is 3. The molecule has 19 heavy (non-hydrogen) atoms. The maximum absolute atomic E-state index is 12.0. The van der Waals surface area contributed by atoms with Crippen LogP contribution in [-0.4, -0.2) is 11.0 Å². The number of halogens is 2. The second-order valence-corrected chi connectivity index (χ2v) is 4.72. The van der Waals surface area contributed by atoms with Crippen molar-refractivity contribution in [1.82, 2.24) is 0 Å². The van der Waals surface area contributed by atoms with E-state index in [-0.39, 0.29) is 11.3 Å². The third-order valence-electron chi connectivity index (χ3n) is 2.47. The molecule has 98 valence electrons. The number of carbonyl (C=O) groups excluding carboxylic acids is 1. The Labute approximate surface area is 119 Å². The fourth-order valence-electron chi connectivity index (χ4n) is 1.53. The summed E-state index contributed by atoms with van der Waals surface area (Å²) >= 11 is 11.5. The quantitative estimate of drug-likeness (QED) is 0.742. The van der Waals surface area contributed by atoms with Crippen molar-refractivity contribution in [3.8, 4) is 5.75 Å². The third-order valence-corrected chi connectivity index (χ3v) is 2.94. The number of aromatic hydroxyl groups is 1. The first-order valence-electron chi connectivity index (χ1n) is 5.32. The van der Waals surface area contributed by atoms with Crippen molar-refractivity contribution in [1.29, 1.82) is 0 Å². The zero-order chi connectivity index (χ0) is 14.0. The van der Waals surface area contributed by atoms with E-state index in [1.54, 1.807) is 12.1 Å². The first-order valence-corrected chi connectivity index (χ1v) is 6.08. The van der Waals surface area contributed by atoms with Gasteiger partial charge in [-0.2, -0.15) is 0 Å². The average Bonchev–Trinajstić information content (AvgIpc) is 2.32. The van der Waals surface area contributed by atoms with Gasteiger partial charge in [-0.05, 0) is 36.4 Å². The van der Waals surface area contributed by atoms with Gasteiger partial charge >= 0.3 is 0 Å². The number of rotatable bonds is 2. The summed E-state index contributed by atoms with van der Waals surface area (Å²) in [5.41, 5.74) is 6.60. The number of amides is 1. The predicted molar refractivity (Wildman–Crippen MR) is 76.9 cm³/mol. The Balaban J connectivity index is 2.25. The van der Waals surface area contributed by atoms with Crippen LogP contribution in [0.5, 0.6) is 5.75 Å². The lowest BCUT2D eigenvalue weighted by Crippen LogP contribution is -2.13. The molecule has 6 heteroatoms. The molecule has 0 unspecified atom stereocenters. The van der Waals surface area contributed by atoms with Crippen LogP contribution in [0.2, 0.25) is 10.0 Å². The standard InChI is InChI=1S/C13H10Cl2N2O2/c14-7-2-4-11(10(16)5-7)17-13(19)9-3-1-8(15)6-12(9)18/h1-6,18H,16H2,(H,17,19). The number of phenolic OH excluding ortho intramolecular Hbond substituents is 1. The normalized spacial score (nSPS) is 10.2. The molecule has 0 aliphatic heterocycles. The van der Waals surface area contributed by atoms with E-state index in [0.29, 0.717) is 21.4 Å². The van der Waals surface area contributed by atoms with Crippen molar-refractivity contribution in [3.63, 3.8) is 0 Å². The van der Waals surface area contributed by atoms with Crippen LogP contribution < -0.4 is 11.1 Å². The topological polar surface area (TPSA) is 75.3 Å². The SMILES string of the molecule is Nc1cc(Cl)ccc1NC(=O)c1ccc(Cl)cc1O. The minimum Gasteiger partial charge on any atom is -0.507 e. The van der Waals surface area contributed by atoms with E-state index in [2.05, 4.69) is 5.32 Å². The highest BCUT2D eigenvalue weighted by molar-refractivity contribution is 6.31. The van der Waals surface area contributed by atoms with Crippen molar-refractivity contribution in [2.45, 2.75) is 0 Å². The first-order chi connectivity index (χ1) is 8.97. The molecular formula is C13H10Cl2N2O2. The predicted octanol–water partition coefficient (Wildman–Crippen LogP) is 3.53. The van der Waals surface area contributed by atoms with Crippen LogP contribution in [0.25, 0.3) is 0 Å². The second kappa shape index (κ2) is 5.38. The van der Waals surface area contributed by atoms with Crippen LogP contribution in [0.15, 0.2) is 36.4 Å². The lowest BCUT2D eigenvalue weighted by molar-refractivity contribution is 0.102. The van der Waals surface area contributed by atoms with Crippen LogP contribution in [0.1, 0.15) is 10.4 Å². The Morgan fingerprint density at radius 2 is 1.74 bits per heavy atom. The maximum Gasteiger partial charge on any atom is 0.259 e. The van der Waals surface area contributed by atoms with Crippen LogP contribution in [-0.2, 0) is 0 Å². The zero-order valence-corrected chi connectivity index (χ0v) is 11.2. The van der Waals surface area contributed by atoms with E-state index in [1.807, 2.05) is 0 Å². The number of nitrogen functional groups attached to an aromatic ring is 1. The van der Waals surface area contributed by atoms with Gasteiger partial charge in [0.15, 0.2) is 0 Å². The van der Waals surface area contributed by atoms with E-state index in [4.69, 9.17) is 28.9 Å². The van der Waals surface area contributed by atoms with Crippen LogP contribution in [0.3, 0.4) is 0 Å². The molecule has 2 aromatic carbocycles. The number of nitrogens with two attached hydrogens (primary N) is 1. The van der Waals surface area contributed by atoms with Gasteiger partial charge in [-0.1, -0.05) is 23.2 Å². The van der Waals surface area contributed by atoms with E-state index >= 15 is 0 Å². The molecule has 2 rings (SSSR count). The molecule has 0 saturated heterocycles. The summed E-state index contributed by atoms with van der Waals surface area (Å²) in [7, 11) is 0. The smallest absolute Gasteiger partial charge is 0.259 e. The van der Waals surface area contributed by atoms with Gasteiger partial charge in [-0.3, -0.25) is 4.79 Å². The molecule has 0 fully saturated rings. The number of phenols is 1. The first kappa shape index (κ1) is 13.5. The highest BCUT2D eigenvalue weighted by Crippen LogP contribution is 2.26. The number of anilines is 2. The number of carbonyl (C=O) groups is 1. The van der Waals surface area contributed by atoms with Crippen molar-refractivity contribution >= 4 is 40.5 Å². The summed E-state index contributed by atoms with van der Waals surface area (Å²) in [5, 5.41) is 13.1. The maximum atomic E-state index is 12.0. The molecule has 0 heterocycles. The van der Waals surface area contributed by atoms with Crippen molar-refractivity contribution < 1.29 is 9.90 Å².